The van der Waals surface area contributed by atoms with E-state index in [0.717, 1.165) is 13.2 Å². The van der Waals surface area contributed by atoms with Crippen molar-refractivity contribution in [3.8, 4) is 0 Å². The lowest BCUT2D eigenvalue weighted by Crippen LogP contribution is -2.30. The quantitative estimate of drug-likeness (QED) is 0.617. The molecule has 13 heavy (non-hydrogen) atoms. The average molecular weight is 206 g/mol. The van der Waals surface area contributed by atoms with Gasteiger partial charge in [0, 0.05) is 5.41 Å². The van der Waals surface area contributed by atoms with Crippen molar-refractivity contribution >= 4 is 8.60 Å². The molecule has 0 N–H and O–H groups in total. The van der Waals surface area contributed by atoms with Gasteiger partial charge in [-0.15, -0.1) is 0 Å². The normalized spacial score (nSPS) is 24.7. The summed E-state index contributed by atoms with van der Waals surface area (Å²) >= 11 is 0. The highest BCUT2D eigenvalue weighted by atomic mass is 31.2. The van der Waals surface area contributed by atoms with Crippen molar-refractivity contribution in [2.75, 3.05) is 13.2 Å². The van der Waals surface area contributed by atoms with Gasteiger partial charge in [0.2, 0.25) is 0 Å². The van der Waals surface area contributed by atoms with Crippen molar-refractivity contribution in [2.45, 2.75) is 40.2 Å². The van der Waals surface area contributed by atoms with Crippen LogP contribution in [0.4, 0.5) is 0 Å². The van der Waals surface area contributed by atoms with E-state index in [1.54, 1.807) is 0 Å². The van der Waals surface area contributed by atoms with Gasteiger partial charge < -0.3 is 13.6 Å². The fourth-order valence-corrected chi connectivity index (χ4v) is 2.35. The van der Waals surface area contributed by atoms with E-state index >= 15 is 0 Å². The summed E-state index contributed by atoms with van der Waals surface area (Å²) in [6.45, 7) is 11.7. The van der Waals surface area contributed by atoms with Crippen LogP contribution in [0.2, 0.25) is 0 Å². The van der Waals surface area contributed by atoms with Crippen molar-refractivity contribution in [1.82, 2.24) is 0 Å². The predicted molar refractivity (Wildman–Crippen MR) is 53.4 cm³/mol. The van der Waals surface area contributed by atoms with E-state index < -0.39 is 8.60 Å². The highest BCUT2D eigenvalue weighted by Crippen LogP contribution is 2.49. The van der Waals surface area contributed by atoms with Crippen molar-refractivity contribution in [1.29, 1.82) is 0 Å². The molecule has 0 unspecified atom stereocenters. The molecular formula is C9H19O3P. The van der Waals surface area contributed by atoms with Gasteiger partial charge in [-0.25, -0.2) is 0 Å². The first kappa shape index (κ1) is 11.4. The minimum absolute atomic E-state index is 0.125. The summed E-state index contributed by atoms with van der Waals surface area (Å²) in [7, 11) is -1.12. The molecule has 0 aromatic rings. The van der Waals surface area contributed by atoms with Gasteiger partial charge in [0.05, 0.1) is 18.8 Å². The number of hydrogen-bond acceptors (Lipinski definition) is 3. The maximum absolute atomic E-state index is 5.59. The molecule has 1 aliphatic heterocycles. The van der Waals surface area contributed by atoms with Crippen molar-refractivity contribution < 1.29 is 13.6 Å². The van der Waals surface area contributed by atoms with Crippen LogP contribution in [0.5, 0.6) is 0 Å². The minimum atomic E-state index is -1.12. The number of rotatable bonds is 1. The Morgan fingerprint density at radius 2 is 1.62 bits per heavy atom. The number of hydrogen-bond donors (Lipinski definition) is 0. The van der Waals surface area contributed by atoms with Gasteiger partial charge in [-0.05, 0) is 20.8 Å². The van der Waals surface area contributed by atoms with Crippen molar-refractivity contribution in [3.63, 3.8) is 0 Å². The Kier molecular flexibility index (Phi) is 3.34. The summed E-state index contributed by atoms with van der Waals surface area (Å²) in [4.78, 5) is 0. The van der Waals surface area contributed by atoms with E-state index in [-0.39, 0.29) is 11.0 Å². The molecule has 78 valence electrons. The first-order valence-electron chi connectivity index (χ1n) is 4.54. The van der Waals surface area contributed by atoms with Crippen LogP contribution in [0.15, 0.2) is 0 Å². The molecule has 0 bridgehead atoms. The summed E-state index contributed by atoms with van der Waals surface area (Å²) in [5, 5.41) is 0. The SMILES string of the molecule is CC1(C)COP(OC(C)(C)C)OC1. The largest absolute Gasteiger partial charge is 0.333 e. The Bertz CT molecular complexity index is 164. The van der Waals surface area contributed by atoms with E-state index in [4.69, 9.17) is 13.6 Å². The van der Waals surface area contributed by atoms with Crippen LogP contribution in [0, 0.1) is 5.41 Å². The van der Waals surface area contributed by atoms with Crippen LogP contribution in [0.1, 0.15) is 34.6 Å². The Labute approximate surface area is 81.8 Å². The third kappa shape index (κ3) is 4.37. The van der Waals surface area contributed by atoms with E-state index in [2.05, 4.69) is 13.8 Å². The lowest BCUT2D eigenvalue weighted by atomic mass is 9.97. The fraction of sp³-hybridized carbons (Fsp3) is 1.00. The van der Waals surface area contributed by atoms with Gasteiger partial charge in [-0.1, -0.05) is 13.8 Å². The molecule has 1 saturated heterocycles. The van der Waals surface area contributed by atoms with Gasteiger partial charge in [0.1, 0.15) is 0 Å². The molecule has 1 aliphatic rings. The lowest BCUT2D eigenvalue weighted by molar-refractivity contribution is 0.000241. The van der Waals surface area contributed by atoms with Crippen LogP contribution < -0.4 is 0 Å². The van der Waals surface area contributed by atoms with Gasteiger partial charge in [-0.3, -0.25) is 0 Å². The van der Waals surface area contributed by atoms with E-state index in [9.17, 15) is 0 Å². The second kappa shape index (κ2) is 3.82. The van der Waals surface area contributed by atoms with Gasteiger partial charge in [0.25, 0.3) is 0 Å². The van der Waals surface area contributed by atoms with E-state index in [0.29, 0.717) is 0 Å². The molecule has 0 saturated carbocycles. The smallest absolute Gasteiger partial charge is 0.312 e. The van der Waals surface area contributed by atoms with Gasteiger partial charge >= 0.3 is 8.60 Å². The lowest BCUT2D eigenvalue weighted by Gasteiger charge is -2.35. The average Bonchev–Trinajstić information content (AvgIpc) is 1.91. The maximum atomic E-state index is 5.59. The fourth-order valence-electron chi connectivity index (χ4n) is 0.810. The molecule has 0 radical (unpaired) electrons. The van der Waals surface area contributed by atoms with E-state index in [1.165, 1.54) is 0 Å². The predicted octanol–water partition coefficient (Wildman–Crippen LogP) is 3.10. The molecular weight excluding hydrogens is 187 g/mol. The summed E-state index contributed by atoms with van der Waals surface area (Å²) in [5.41, 5.74) is -0.0622. The van der Waals surface area contributed by atoms with Gasteiger partial charge in [0.15, 0.2) is 0 Å². The third-order valence-corrected chi connectivity index (χ3v) is 2.85. The maximum Gasteiger partial charge on any atom is 0.333 e. The first-order valence-corrected chi connectivity index (χ1v) is 5.63. The first-order chi connectivity index (χ1) is 5.79. The van der Waals surface area contributed by atoms with Crippen molar-refractivity contribution in [2.24, 2.45) is 5.41 Å². The highest BCUT2D eigenvalue weighted by Gasteiger charge is 2.32. The highest BCUT2D eigenvalue weighted by molar-refractivity contribution is 7.41. The Morgan fingerprint density at radius 1 is 1.15 bits per heavy atom. The molecule has 0 aliphatic carbocycles. The van der Waals surface area contributed by atoms with Crippen LogP contribution in [0.3, 0.4) is 0 Å². The molecule has 1 fully saturated rings. The van der Waals surface area contributed by atoms with Crippen LogP contribution in [-0.4, -0.2) is 18.8 Å². The monoisotopic (exact) mass is 206 g/mol. The summed E-state index contributed by atoms with van der Waals surface area (Å²) < 4.78 is 16.6. The second-order valence-corrected chi connectivity index (χ2v) is 6.28. The minimum Gasteiger partial charge on any atom is -0.312 e. The molecule has 3 nitrogen and oxygen atoms in total. The van der Waals surface area contributed by atoms with Gasteiger partial charge in [-0.2, -0.15) is 0 Å². The Hall–Kier alpha value is 0.310. The molecule has 0 spiro atoms. The zero-order valence-electron chi connectivity index (χ0n) is 9.09. The molecule has 0 amide bonds. The summed E-state index contributed by atoms with van der Waals surface area (Å²) in [5.74, 6) is 0. The second-order valence-electron chi connectivity index (χ2n) is 5.14. The zero-order valence-corrected chi connectivity index (χ0v) is 9.98. The van der Waals surface area contributed by atoms with Crippen molar-refractivity contribution in [3.05, 3.63) is 0 Å². The third-order valence-electron chi connectivity index (χ3n) is 1.47. The molecule has 0 atom stereocenters. The summed E-state index contributed by atoms with van der Waals surface area (Å²) in [6, 6.07) is 0. The van der Waals surface area contributed by atoms with Crippen LogP contribution >= 0.6 is 8.60 Å². The van der Waals surface area contributed by atoms with Crippen LogP contribution in [0.25, 0.3) is 0 Å². The van der Waals surface area contributed by atoms with Crippen LogP contribution in [-0.2, 0) is 13.6 Å². The molecule has 0 aromatic carbocycles. The molecule has 0 aromatic heterocycles. The Morgan fingerprint density at radius 3 is 2.00 bits per heavy atom. The zero-order chi connectivity index (χ0) is 10.1. The molecule has 1 rings (SSSR count). The topological polar surface area (TPSA) is 27.7 Å². The Balaban J connectivity index is 2.34. The molecule has 1 heterocycles. The summed E-state index contributed by atoms with van der Waals surface area (Å²) in [6.07, 6.45) is 0. The molecule has 4 heteroatoms. The standard InChI is InChI=1S/C9H19O3P/c1-8(2,3)12-13-10-6-9(4,5)7-11-13/h6-7H2,1-5H3. The van der Waals surface area contributed by atoms with E-state index in [1.807, 2.05) is 20.8 Å².